The molecule has 0 bridgehead atoms. The van der Waals surface area contributed by atoms with Gasteiger partial charge in [-0.1, -0.05) is 0 Å². The number of amides is 1. The molecule has 4 heteroatoms. The number of nitrogens with two attached hydrogens (primary N) is 1. The summed E-state index contributed by atoms with van der Waals surface area (Å²) in [6.07, 6.45) is 2.20. The molecule has 86 valence electrons. The summed E-state index contributed by atoms with van der Waals surface area (Å²) in [5.74, 6) is 0.737. The van der Waals surface area contributed by atoms with Crippen molar-refractivity contribution in [2.45, 2.75) is 18.9 Å². The van der Waals surface area contributed by atoms with E-state index in [1.54, 1.807) is 24.3 Å². The summed E-state index contributed by atoms with van der Waals surface area (Å²) in [6.45, 7) is 0.984. The lowest BCUT2D eigenvalue weighted by Crippen LogP contribution is -2.25. The van der Waals surface area contributed by atoms with E-state index in [-0.39, 0.29) is 5.91 Å². The molecule has 0 heterocycles. The highest BCUT2D eigenvalue weighted by Crippen LogP contribution is 2.19. The Labute approximate surface area is 94.8 Å². The molecule has 1 fully saturated rings. The number of nitrogens with one attached hydrogen (secondary N) is 1. The highest BCUT2D eigenvalue weighted by Gasteiger charge is 2.23. The molecule has 0 unspecified atom stereocenters. The Morgan fingerprint density at radius 1 is 1.38 bits per heavy atom. The minimum atomic E-state index is -0.00660. The molecule has 1 aliphatic rings. The second kappa shape index (κ2) is 4.99. The summed E-state index contributed by atoms with van der Waals surface area (Å²) >= 11 is 0. The molecule has 1 saturated carbocycles. The van der Waals surface area contributed by atoms with Crippen LogP contribution in [0.25, 0.3) is 0 Å². The molecule has 0 radical (unpaired) electrons. The monoisotopic (exact) mass is 220 g/mol. The Hall–Kier alpha value is -1.55. The summed E-state index contributed by atoms with van der Waals surface area (Å²) in [5.41, 5.74) is 6.00. The SMILES string of the molecule is NCCOc1ccc(C(=O)NC2CC2)cc1. The summed E-state index contributed by atoms with van der Waals surface area (Å²) in [5, 5.41) is 2.93. The molecule has 1 aromatic rings. The van der Waals surface area contributed by atoms with Gasteiger partial charge in [-0.15, -0.1) is 0 Å². The highest BCUT2D eigenvalue weighted by molar-refractivity contribution is 5.94. The van der Waals surface area contributed by atoms with Gasteiger partial charge in [-0.05, 0) is 37.1 Å². The van der Waals surface area contributed by atoms with Gasteiger partial charge in [-0.2, -0.15) is 0 Å². The average molecular weight is 220 g/mol. The van der Waals surface area contributed by atoms with Crippen LogP contribution < -0.4 is 15.8 Å². The van der Waals surface area contributed by atoms with E-state index in [1.807, 2.05) is 0 Å². The highest BCUT2D eigenvalue weighted by atomic mass is 16.5. The fourth-order valence-electron chi connectivity index (χ4n) is 1.38. The first-order valence-electron chi connectivity index (χ1n) is 5.53. The van der Waals surface area contributed by atoms with Crippen LogP contribution >= 0.6 is 0 Å². The van der Waals surface area contributed by atoms with Gasteiger partial charge in [0.05, 0.1) is 0 Å². The Balaban J connectivity index is 1.92. The second-order valence-electron chi connectivity index (χ2n) is 3.91. The van der Waals surface area contributed by atoms with Crippen LogP contribution in [0.5, 0.6) is 5.75 Å². The van der Waals surface area contributed by atoms with Crippen LogP contribution in [0.1, 0.15) is 23.2 Å². The summed E-state index contributed by atoms with van der Waals surface area (Å²) in [7, 11) is 0. The smallest absolute Gasteiger partial charge is 0.251 e. The minimum Gasteiger partial charge on any atom is -0.492 e. The standard InChI is InChI=1S/C12H16N2O2/c13-7-8-16-11-5-1-9(2-6-11)12(15)14-10-3-4-10/h1-2,5-6,10H,3-4,7-8,13H2,(H,14,15). The molecular formula is C12H16N2O2. The molecular weight excluding hydrogens is 204 g/mol. The quantitative estimate of drug-likeness (QED) is 0.775. The van der Waals surface area contributed by atoms with Crippen molar-refractivity contribution in [2.24, 2.45) is 5.73 Å². The summed E-state index contributed by atoms with van der Waals surface area (Å²) in [4.78, 5) is 11.6. The third kappa shape index (κ3) is 2.97. The molecule has 3 N–H and O–H groups in total. The molecule has 4 nitrogen and oxygen atoms in total. The maximum Gasteiger partial charge on any atom is 0.251 e. The third-order valence-corrected chi connectivity index (χ3v) is 2.42. The van der Waals surface area contributed by atoms with Gasteiger partial charge in [0.15, 0.2) is 0 Å². The maximum atomic E-state index is 11.6. The zero-order chi connectivity index (χ0) is 11.4. The van der Waals surface area contributed by atoms with E-state index >= 15 is 0 Å². The summed E-state index contributed by atoms with van der Waals surface area (Å²) in [6, 6.07) is 7.50. The minimum absolute atomic E-state index is 0.00660. The van der Waals surface area contributed by atoms with Crippen LogP contribution in [0.2, 0.25) is 0 Å². The van der Waals surface area contributed by atoms with E-state index in [1.165, 1.54) is 0 Å². The van der Waals surface area contributed by atoms with E-state index in [0.717, 1.165) is 18.6 Å². The number of benzene rings is 1. The number of ether oxygens (including phenoxy) is 1. The van der Waals surface area contributed by atoms with Crippen LogP contribution in [0.4, 0.5) is 0 Å². The first kappa shape index (κ1) is 11.0. The van der Waals surface area contributed by atoms with Crippen molar-refractivity contribution in [3.63, 3.8) is 0 Å². The van der Waals surface area contributed by atoms with Crippen molar-refractivity contribution >= 4 is 5.91 Å². The lowest BCUT2D eigenvalue weighted by atomic mass is 10.2. The van der Waals surface area contributed by atoms with Crippen LogP contribution in [0.3, 0.4) is 0 Å². The van der Waals surface area contributed by atoms with E-state index < -0.39 is 0 Å². The Morgan fingerprint density at radius 2 is 2.06 bits per heavy atom. The fourth-order valence-corrected chi connectivity index (χ4v) is 1.38. The summed E-state index contributed by atoms with van der Waals surface area (Å²) < 4.78 is 5.33. The van der Waals surface area contributed by atoms with E-state index in [2.05, 4.69) is 5.32 Å². The second-order valence-corrected chi connectivity index (χ2v) is 3.91. The van der Waals surface area contributed by atoms with Crippen LogP contribution in [0.15, 0.2) is 24.3 Å². The third-order valence-electron chi connectivity index (χ3n) is 2.42. The van der Waals surface area contributed by atoms with Crippen LogP contribution in [-0.4, -0.2) is 25.1 Å². The lowest BCUT2D eigenvalue weighted by Gasteiger charge is -2.06. The molecule has 0 saturated heterocycles. The van der Waals surface area contributed by atoms with Gasteiger partial charge >= 0.3 is 0 Å². The van der Waals surface area contributed by atoms with Gasteiger partial charge in [0.25, 0.3) is 5.91 Å². The predicted octanol–water partition coefficient (Wildman–Crippen LogP) is 0.916. The molecule has 1 aromatic carbocycles. The van der Waals surface area contributed by atoms with Crippen molar-refractivity contribution in [3.05, 3.63) is 29.8 Å². The molecule has 16 heavy (non-hydrogen) atoms. The Bertz CT molecular complexity index is 358. The maximum absolute atomic E-state index is 11.6. The number of rotatable bonds is 5. The van der Waals surface area contributed by atoms with Gasteiger partial charge < -0.3 is 15.8 Å². The van der Waals surface area contributed by atoms with Crippen molar-refractivity contribution in [2.75, 3.05) is 13.2 Å². The Morgan fingerprint density at radius 3 is 2.62 bits per heavy atom. The van der Waals surface area contributed by atoms with Crippen LogP contribution in [-0.2, 0) is 0 Å². The Kier molecular flexibility index (Phi) is 3.41. The molecule has 0 spiro atoms. The number of carbonyl (C=O) groups is 1. The van der Waals surface area contributed by atoms with Crippen molar-refractivity contribution in [1.29, 1.82) is 0 Å². The zero-order valence-electron chi connectivity index (χ0n) is 9.11. The van der Waals surface area contributed by atoms with Gasteiger partial charge in [0, 0.05) is 18.2 Å². The fraction of sp³-hybridized carbons (Fsp3) is 0.417. The van der Waals surface area contributed by atoms with Gasteiger partial charge in [-0.25, -0.2) is 0 Å². The van der Waals surface area contributed by atoms with E-state index in [4.69, 9.17) is 10.5 Å². The van der Waals surface area contributed by atoms with Crippen molar-refractivity contribution < 1.29 is 9.53 Å². The number of hydrogen-bond donors (Lipinski definition) is 2. The molecule has 1 aliphatic carbocycles. The number of carbonyl (C=O) groups excluding carboxylic acids is 1. The average Bonchev–Trinajstić information content (AvgIpc) is 3.11. The molecule has 0 aromatic heterocycles. The van der Waals surface area contributed by atoms with Crippen LogP contribution in [0, 0.1) is 0 Å². The van der Waals surface area contributed by atoms with Crippen molar-refractivity contribution in [3.8, 4) is 5.75 Å². The van der Waals surface area contributed by atoms with Gasteiger partial charge in [-0.3, -0.25) is 4.79 Å². The molecule has 2 rings (SSSR count). The lowest BCUT2D eigenvalue weighted by molar-refractivity contribution is 0.0951. The van der Waals surface area contributed by atoms with Gasteiger partial charge in [0.2, 0.25) is 0 Å². The normalized spacial score (nSPS) is 14.6. The first-order valence-corrected chi connectivity index (χ1v) is 5.53. The zero-order valence-corrected chi connectivity index (χ0v) is 9.11. The predicted molar refractivity (Wildman–Crippen MR) is 61.5 cm³/mol. The molecule has 1 amide bonds. The first-order chi connectivity index (χ1) is 7.79. The topological polar surface area (TPSA) is 64.3 Å². The molecule has 0 aliphatic heterocycles. The van der Waals surface area contributed by atoms with Gasteiger partial charge in [0.1, 0.15) is 12.4 Å². The molecule has 0 atom stereocenters. The largest absolute Gasteiger partial charge is 0.492 e. The number of hydrogen-bond acceptors (Lipinski definition) is 3. The van der Waals surface area contributed by atoms with Crippen molar-refractivity contribution in [1.82, 2.24) is 5.32 Å². The van der Waals surface area contributed by atoms with E-state index in [0.29, 0.717) is 24.8 Å². The van der Waals surface area contributed by atoms with E-state index in [9.17, 15) is 4.79 Å².